The number of hydrogen-bond acceptors (Lipinski definition) is 2. The van der Waals surface area contributed by atoms with Crippen LogP contribution in [0.4, 0.5) is 0 Å². The molecule has 0 saturated heterocycles. The lowest BCUT2D eigenvalue weighted by Gasteiger charge is -1.97. The summed E-state index contributed by atoms with van der Waals surface area (Å²) < 4.78 is 0. The van der Waals surface area contributed by atoms with E-state index in [1.807, 2.05) is 6.92 Å². The molecule has 0 bridgehead atoms. The fraction of sp³-hybridized carbons (Fsp3) is 0.667. The van der Waals surface area contributed by atoms with Gasteiger partial charge >= 0.3 is 0 Å². The van der Waals surface area contributed by atoms with E-state index in [0.717, 1.165) is 24.4 Å². The molecule has 0 amide bonds. The van der Waals surface area contributed by atoms with Crippen LogP contribution in [0.25, 0.3) is 0 Å². The minimum atomic E-state index is 0.00981. The molecule has 0 fully saturated rings. The maximum Gasteiger partial charge on any atom is 0.123 e. The van der Waals surface area contributed by atoms with Gasteiger partial charge in [-0.2, -0.15) is 0 Å². The number of hydrogen-bond donors (Lipinski definition) is 2. The van der Waals surface area contributed by atoms with E-state index in [2.05, 4.69) is 23.8 Å². The van der Waals surface area contributed by atoms with Gasteiger partial charge in [-0.3, -0.25) is 0 Å². The van der Waals surface area contributed by atoms with Gasteiger partial charge in [0.2, 0.25) is 0 Å². The van der Waals surface area contributed by atoms with Crippen LogP contribution in [0.15, 0.2) is 0 Å². The standard InChI is InChI=1S/C9H17N3/c1-4-7-8(5-2)12-9(11-7)6(3)10/h6H,4-5,10H2,1-3H3,(H,11,12)/t6-/m1/s1. The zero-order chi connectivity index (χ0) is 9.14. The van der Waals surface area contributed by atoms with Crippen molar-refractivity contribution in [3.63, 3.8) is 0 Å². The highest BCUT2D eigenvalue weighted by molar-refractivity contribution is 5.15. The molecule has 0 aliphatic rings. The Bertz CT molecular complexity index is 229. The molecule has 1 atom stereocenters. The number of nitrogens with zero attached hydrogens (tertiary/aromatic N) is 1. The molecule has 68 valence electrons. The van der Waals surface area contributed by atoms with Gasteiger partial charge < -0.3 is 10.7 Å². The Morgan fingerprint density at radius 1 is 1.42 bits per heavy atom. The molecule has 1 heterocycles. The van der Waals surface area contributed by atoms with Crippen molar-refractivity contribution in [2.24, 2.45) is 5.73 Å². The summed E-state index contributed by atoms with van der Waals surface area (Å²) in [5, 5.41) is 0. The van der Waals surface area contributed by atoms with Gasteiger partial charge in [0.25, 0.3) is 0 Å². The third-order valence-corrected chi connectivity index (χ3v) is 2.00. The molecule has 3 N–H and O–H groups in total. The van der Waals surface area contributed by atoms with Crippen LogP contribution in [0.2, 0.25) is 0 Å². The first-order valence-corrected chi connectivity index (χ1v) is 4.52. The van der Waals surface area contributed by atoms with Crippen LogP contribution in [0.1, 0.15) is 44.0 Å². The van der Waals surface area contributed by atoms with Gasteiger partial charge in [-0.15, -0.1) is 0 Å². The Hall–Kier alpha value is -0.830. The van der Waals surface area contributed by atoms with E-state index in [-0.39, 0.29) is 6.04 Å². The van der Waals surface area contributed by atoms with Crippen molar-refractivity contribution in [1.29, 1.82) is 0 Å². The number of aryl methyl sites for hydroxylation is 2. The van der Waals surface area contributed by atoms with Gasteiger partial charge in [0, 0.05) is 5.69 Å². The van der Waals surface area contributed by atoms with Gasteiger partial charge in [0.1, 0.15) is 5.82 Å². The summed E-state index contributed by atoms with van der Waals surface area (Å²) in [6, 6.07) is 0.00981. The van der Waals surface area contributed by atoms with E-state index in [1.165, 1.54) is 5.69 Å². The summed E-state index contributed by atoms with van der Waals surface area (Å²) in [6.45, 7) is 6.18. The number of rotatable bonds is 3. The smallest absolute Gasteiger partial charge is 0.123 e. The van der Waals surface area contributed by atoms with Crippen LogP contribution >= 0.6 is 0 Å². The van der Waals surface area contributed by atoms with Crippen LogP contribution in [-0.2, 0) is 12.8 Å². The monoisotopic (exact) mass is 167 g/mol. The van der Waals surface area contributed by atoms with Crippen molar-refractivity contribution < 1.29 is 0 Å². The second-order valence-corrected chi connectivity index (χ2v) is 3.04. The highest BCUT2D eigenvalue weighted by atomic mass is 15.0. The average Bonchev–Trinajstić information content (AvgIpc) is 2.46. The molecule has 1 aromatic heterocycles. The summed E-state index contributed by atoms with van der Waals surface area (Å²) in [6.07, 6.45) is 1.98. The lowest BCUT2D eigenvalue weighted by molar-refractivity contribution is 0.749. The molecular formula is C9H17N3. The molecular weight excluding hydrogens is 150 g/mol. The van der Waals surface area contributed by atoms with Gasteiger partial charge in [0.05, 0.1) is 11.7 Å². The van der Waals surface area contributed by atoms with E-state index < -0.39 is 0 Å². The number of nitrogens with two attached hydrogens (primary N) is 1. The minimum absolute atomic E-state index is 0.00981. The van der Waals surface area contributed by atoms with E-state index >= 15 is 0 Å². The fourth-order valence-corrected chi connectivity index (χ4v) is 1.27. The van der Waals surface area contributed by atoms with Crippen molar-refractivity contribution in [2.45, 2.75) is 39.7 Å². The summed E-state index contributed by atoms with van der Waals surface area (Å²) in [7, 11) is 0. The lowest BCUT2D eigenvalue weighted by Crippen LogP contribution is -2.06. The van der Waals surface area contributed by atoms with Gasteiger partial charge in [-0.25, -0.2) is 4.98 Å². The van der Waals surface area contributed by atoms with Crippen LogP contribution in [-0.4, -0.2) is 9.97 Å². The molecule has 0 radical (unpaired) electrons. The van der Waals surface area contributed by atoms with Crippen LogP contribution < -0.4 is 5.73 Å². The number of aromatic nitrogens is 2. The minimum Gasteiger partial charge on any atom is -0.344 e. The summed E-state index contributed by atoms with van der Waals surface area (Å²) >= 11 is 0. The number of H-pyrrole nitrogens is 1. The molecule has 1 aromatic rings. The zero-order valence-electron chi connectivity index (χ0n) is 8.02. The summed E-state index contributed by atoms with van der Waals surface area (Å²) in [5.74, 6) is 0.906. The lowest BCUT2D eigenvalue weighted by atomic mass is 10.2. The summed E-state index contributed by atoms with van der Waals surface area (Å²) in [5.41, 5.74) is 8.10. The fourth-order valence-electron chi connectivity index (χ4n) is 1.27. The molecule has 0 aliphatic heterocycles. The Morgan fingerprint density at radius 2 is 2.08 bits per heavy atom. The second-order valence-electron chi connectivity index (χ2n) is 3.04. The van der Waals surface area contributed by atoms with Crippen LogP contribution in [0.5, 0.6) is 0 Å². The maximum atomic E-state index is 5.71. The Labute approximate surface area is 73.4 Å². The van der Waals surface area contributed by atoms with Gasteiger partial charge in [-0.05, 0) is 19.8 Å². The van der Waals surface area contributed by atoms with Crippen LogP contribution in [0.3, 0.4) is 0 Å². The molecule has 0 spiro atoms. The van der Waals surface area contributed by atoms with E-state index in [9.17, 15) is 0 Å². The predicted molar refractivity (Wildman–Crippen MR) is 49.9 cm³/mol. The van der Waals surface area contributed by atoms with E-state index in [1.54, 1.807) is 0 Å². The molecule has 1 rings (SSSR count). The topological polar surface area (TPSA) is 54.7 Å². The first-order chi connectivity index (χ1) is 5.69. The predicted octanol–water partition coefficient (Wildman–Crippen LogP) is 1.55. The molecule has 0 unspecified atom stereocenters. The highest BCUT2D eigenvalue weighted by Crippen LogP contribution is 2.11. The number of imidazole rings is 1. The third-order valence-electron chi connectivity index (χ3n) is 2.00. The first kappa shape index (κ1) is 9.26. The average molecular weight is 167 g/mol. The molecule has 3 heteroatoms. The van der Waals surface area contributed by atoms with Gasteiger partial charge in [-0.1, -0.05) is 13.8 Å². The molecule has 0 aliphatic carbocycles. The SMILES string of the molecule is CCc1nc([C@@H](C)N)[nH]c1CC. The molecule has 3 nitrogen and oxygen atoms in total. The van der Waals surface area contributed by atoms with E-state index in [4.69, 9.17) is 5.73 Å². The first-order valence-electron chi connectivity index (χ1n) is 4.52. The Morgan fingerprint density at radius 3 is 2.42 bits per heavy atom. The normalized spacial score (nSPS) is 13.3. The van der Waals surface area contributed by atoms with Crippen molar-refractivity contribution in [1.82, 2.24) is 9.97 Å². The Balaban J connectivity index is 2.97. The maximum absolute atomic E-state index is 5.71. The third kappa shape index (κ3) is 1.67. The zero-order valence-corrected chi connectivity index (χ0v) is 8.02. The van der Waals surface area contributed by atoms with Crippen molar-refractivity contribution in [3.8, 4) is 0 Å². The molecule has 0 saturated carbocycles. The van der Waals surface area contributed by atoms with E-state index in [0.29, 0.717) is 0 Å². The number of nitrogens with one attached hydrogen (secondary N) is 1. The highest BCUT2D eigenvalue weighted by Gasteiger charge is 2.08. The van der Waals surface area contributed by atoms with Crippen LogP contribution in [0, 0.1) is 0 Å². The van der Waals surface area contributed by atoms with Gasteiger partial charge in [0.15, 0.2) is 0 Å². The van der Waals surface area contributed by atoms with Crippen molar-refractivity contribution in [2.75, 3.05) is 0 Å². The summed E-state index contributed by atoms with van der Waals surface area (Å²) in [4.78, 5) is 7.66. The largest absolute Gasteiger partial charge is 0.344 e. The quantitative estimate of drug-likeness (QED) is 0.717. The molecule has 0 aromatic carbocycles. The number of aromatic amines is 1. The Kier molecular flexibility index (Phi) is 2.87. The second kappa shape index (κ2) is 3.72. The van der Waals surface area contributed by atoms with Crippen molar-refractivity contribution in [3.05, 3.63) is 17.2 Å². The molecule has 12 heavy (non-hydrogen) atoms. The van der Waals surface area contributed by atoms with Crippen molar-refractivity contribution >= 4 is 0 Å².